The number of hydrogen-bond acceptors (Lipinski definition) is 3. The van der Waals surface area contributed by atoms with Gasteiger partial charge in [0.15, 0.2) is 0 Å². The zero-order valence-corrected chi connectivity index (χ0v) is 11.0. The number of nitrogens with one attached hydrogen (secondary N) is 1. The summed E-state index contributed by atoms with van der Waals surface area (Å²) in [5.74, 6) is -0.138. The van der Waals surface area contributed by atoms with Crippen molar-refractivity contribution < 1.29 is 18.3 Å². The Morgan fingerprint density at radius 3 is 2.50 bits per heavy atom. The van der Waals surface area contributed by atoms with E-state index in [0.29, 0.717) is 13.1 Å². The van der Waals surface area contributed by atoms with Crippen molar-refractivity contribution in [1.82, 2.24) is 10.2 Å². The molecule has 1 aliphatic rings. The van der Waals surface area contributed by atoms with Crippen LogP contribution in [0.3, 0.4) is 0 Å². The van der Waals surface area contributed by atoms with Crippen molar-refractivity contribution in [3.63, 3.8) is 0 Å². The monoisotopic (exact) mass is 286 g/mol. The Bertz CT molecular complexity index is 482. The number of nitrogens with zero attached hydrogens (tertiary/aromatic N) is 1. The van der Waals surface area contributed by atoms with Crippen LogP contribution in [0.25, 0.3) is 0 Å². The van der Waals surface area contributed by atoms with E-state index in [1.165, 1.54) is 0 Å². The Labute approximate surface area is 115 Å². The molecule has 1 atom stereocenters. The number of phenols is 1. The van der Waals surface area contributed by atoms with E-state index in [1.54, 1.807) is 6.08 Å². The predicted molar refractivity (Wildman–Crippen MR) is 70.5 cm³/mol. The molecule has 0 aliphatic carbocycles. The van der Waals surface area contributed by atoms with E-state index in [1.807, 2.05) is 4.90 Å². The predicted octanol–water partition coefficient (Wildman–Crippen LogP) is 2.54. The first-order valence-corrected chi connectivity index (χ1v) is 6.41. The summed E-state index contributed by atoms with van der Waals surface area (Å²) in [6.45, 7) is 6.63. The summed E-state index contributed by atoms with van der Waals surface area (Å²) in [5, 5.41) is 13.1. The first-order valence-electron chi connectivity index (χ1n) is 6.41. The van der Waals surface area contributed by atoms with Crippen LogP contribution in [0.15, 0.2) is 30.9 Å². The van der Waals surface area contributed by atoms with Crippen molar-refractivity contribution in [2.75, 3.05) is 26.2 Å². The Morgan fingerprint density at radius 1 is 1.30 bits per heavy atom. The Hall–Kier alpha value is -1.53. The Kier molecular flexibility index (Phi) is 4.35. The molecule has 1 heterocycles. The van der Waals surface area contributed by atoms with Crippen molar-refractivity contribution in [2.45, 2.75) is 12.2 Å². The van der Waals surface area contributed by atoms with Gasteiger partial charge in [-0.3, -0.25) is 4.90 Å². The van der Waals surface area contributed by atoms with Crippen LogP contribution in [0, 0.1) is 0 Å². The average Bonchev–Trinajstić information content (AvgIpc) is 2.41. The molecule has 0 saturated carbocycles. The van der Waals surface area contributed by atoms with Gasteiger partial charge in [-0.05, 0) is 18.2 Å². The van der Waals surface area contributed by atoms with Gasteiger partial charge in [0.05, 0.1) is 11.6 Å². The van der Waals surface area contributed by atoms with Crippen molar-refractivity contribution in [1.29, 1.82) is 0 Å². The molecule has 0 unspecified atom stereocenters. The minimum Gasteiger partial charge on any atom is -0.508 e. The molecule has 1 aromatic carbocycles. The van der Waals surface area contributed by atoms with Gasteiger partial charge in [-0.25, -0.2) is 0 Å². The van der Waals surface area contributed by atoms with Crippen molar-refractivity contribution in [3.05, 3.63) is 42.0 Å². The van der Waals surface area contributed by atoms with Crippen LogP contribution in [-0.2, 0) is 6.18 Å². The van der Waals surface area contributed by atoms with Gasteiger partial charge in [0.25, 0.3) is 0 Å². The number of piperazine rings is 1. The van der Waals surface area contributed by atoms with Crippen LogP contribution in [-0.4, -0.2) is 36.2 Å². The minimum atomic E-state index is -4.42. The average molecular weight is 286 g/mol. The lowest BCUT2D eigenvalue weighted by Gasteiger charge is -2.33. The van der Waals surface area contributed by atoms with Gasteiger partial charge in [-0.2, -0.15) is 13.2 Å². The first-order chi connectivity index (χ1) is 9.43. The molecule has 1 fully saturated rings. The molecule has 1 saturated heterocycles. The second-order valence-corrected chi connectivity index (χ2v) is 4.74. The lowest BCUT2D eigenvalue weighted by Crippen LogP contribution is -2.44. The van der Waals surface area contributed by atoms with Gasteiger partial charge in [0, 0.05) is 31.7 Å². The van der Waals surface area contributed by atoms with Crippen LogP contribution in [0.2, 0.25) is 0 Å². The summed E-state index contributed by atoms with van der Waals surface area (Å²) in [5.41, 5.74) is -0.510. The fourth-order valence-corrected chi connectivity index (χ4v) is 2.40. The van der Waals surface area contributed by atoms with Gasteiger partial charge in [0.1, 0.15) is 5.75 Å². The standard InChI is InChI=1S/C14H17F3N2O/c1-2-12(19-7-5-18-6-8-19)11-9-10(14(15,16)17)3-4-13(11)20/h2-4,9,12,18,20H,1,5-8H2/t12-/m1/s1. The fraction of sp³-hybridized carbons (Fsp3) is 0.429. The van der Waals surface area contributed by atoms with E-state index in [2.05, 4.69) is 11.9 Å². The molecule has 0 amide bonds. The summed E-state index contributed by atoms with van der Waals surface area (Å²) in [4.78, 5) is 2.00. The molecule has 0 aromatic heterocycles. The molecular formula is C14H17F3N2O. The molecular weight excluding hydrogens is 269 g/mol. The van der Waals surface area contributed by atoms with E-state index in [0.717, 1.165) is 31.3 Å². The quantitative estimate of drug-likeness (QED) is 0.838. The maximum absolute atomic E-state index is 12.8. The van der Waals surface area contributed by atoms with E-state index >= 15 is 0 Å². The molecule has 6 heteroatoms. The molecule has 1 aromatic rings. The highest BCUT2D eigenvalue weighted by molar-refractivity contribution is 5.41. The van der Waals surface area contributed by atoms with Crippen molar-refractivity contribution in [2.24, 2.45) is 0 Å². The third kappa shape index (κ3) is 3.13. The molecule has 2 N–H and O–H groups in total. The molecule has 20 heavy (non-hydrogen) atoms. The fourth-order valence-electron chi connectivity index (χ4n) is 2.40. The minimum absolute atomic E-state index is 0.138. The third-order valence-corrected chi connectivity index (χ3v) is 3.44. The Balaban J connectivity index is 2.35. The maximum Gasteiger partial charge on any atom is 0.416 e. The van der Waals surface area contributed by atoms with E-state index in [-0.39, 0.29) is 11.3 Å². The number of hydrogen-bond donors (Lipinski definition) is 2. The van der Waals surface area contributed by atoms with Crippen LogP contribution in [0.4, 0.5) is 13.2 Å². The highest BCUT2D eigenvalue weighted by atomic mass is 19.4. The molecule has 0 spiro atoms. The second-order valence-electron chi connectivity index (χ2n) is 4.74. The maximum atomic E-state index is 12.8. The summed E-state index contributed by atoms with van der Waals surface area (Å²) in [6.07, 6.45) is -2.85. The highest BCUT2D eigenvalue weighted by Crippen LogP contribution is 2.36. The third-order valence-electron chi connectivity index (χ3n) is 3.44. The summed E-state index contributed by atoms with van der Waals surface area (Å²) in [7, 11) is 0. The van der Waals surface area contributed by atoms with Gasteiger partial charge in [-0.15, -0.1) is 6.58 Å². The normalized spacial score (nSPS) is 18.8. The van der Waals surface area contributed by atoms with E-state index in [9.17, 15) is 18.3 Å². The zero-order chi connectivity index (χ0) is 14.8. The second kappa shape index (κ2) is 5.85. The van der Waals surface area contributed by atoms with Gasteiger partial charge in [-0.1, -0.05) is 6.08 Å². The summed E-state index contributed by atoms with van der Waals surface area (Å²) in [6, 6.07) is 2.57. The van der Waals surface area contributed by atoms with Crippen LogP contribution in [0.5, 0.6) is 5.75 Å². The molecule has 2 rings (SSSR count). The summed E-state index contributed by atoms with van der Waals surface area (Å²) >= 11 is 0. The number of phenolic OH excluding ortho intramolecular Hbond substituents is 1. The van der Waals surface area contributed by atoms with Crippen molar-refractivity contribution >= 4 is 0 Å². The van der Waals surface area contributed by atoms with Crippen LogP contribution >= 0.6 is 0 Å². The molecule has 0 bridgehead atoms. The number of rotatable bonds is 3. The SMILES string of the molecule is C=C[C@H](c1cc(C(F)(F)F)ccc1O)N1CCNCC1. The smallest absolute Gasteiger partial charge is 0.416 e. The van der Waals surface area contributed by atoms with Crippen LogP contribution < -0.4 is 5.32 Å². The van der Waals surface area contributed by atoms with E-state index < -0.39 is 17.8 Å². The summed E-state index contributed by atoms with van der Waals surface area (Å²) < 4.78 is 38.3. The van der Waals surface area contributed by atoms with Gasteiger partial charge in [0.2, 0.25) is 0 Å². The van der Waals surface area contributed by atoms with Crippen LogP contribution in [0.1, 0.15) is 17.2 Å². The molecule has 0 radical (unpaired) electrons. The molecule has 3 nitrogen and oxygen atoms in total. The largest absolute Gasteiger partial charge is 0.508 e. The highest BCUT2D eigenvalue weighted by Gasteiger charge is 2.32. The van der Waals surface area contributed by atoms with Gasteiger partial charge >= 0.3 is 6.18 Å². The topological polar surface area (TPSA) is 35.5 Å². The zero-order valence-electron chi connectivity index (χ0n) is 11.0. The Morgan fingerprint density at radius 2 is 1.95 bits per heavy atom. The lowest BCUT2D eigenvalue weighted by atomic mass is 10.0. The number of halogens is 3. The molecule has 110 valence electrons. The number of aromatic hydroxyl groups is 1. The lowest BCUT2D eigenvalue weighted by molar-refractivity contribution is -0.137. The number of alkyl halides is 3. The molecule has 1 aliphatic heterocycles. The first kappa shape index (κ1) is 14.9. The number of benzene rings is 1. The van der Waals surface area contributed by atoms with E-state index in [4.69, 9.17) is 0 Å². The van der Waals surface area contributed by atoms with Gasteiger partial charge < -0.3 is 10.4 Å². The van der Waals surface area contributed by atoms with Crippen molar-refractivity contribution in [3.8, 4) is 5.75 Å².